The minimum atomic E-state index is -0.163. The van der Waals surface area contributed by atoms with Gasteiger partial charge in [0.05, 0.1) is 24.4 Å². The van der Waals surface area contributed by atoms with Crippen molar-refractivity contribution in [1.82, 2.24) is 14.3 Å². The van der Waals surface area contributed by atoms with Crippen LogP contribution < -0.4 is 20.2 Å². The topological polar surface area (TPSA) is 74.0 Å². The van der Waals surface area contributed by atoms with Gasteiger partial charge in [0.2, 0.25) is 0 Å². The van der Waals surface area contributed by atoms with E-state index in [-0.39, 0.29) is 24.6 Å². The standard InChI is InChI=1S/C32H39N5O4/c1-4-31(25(2)40-22-26-8-6-5-7-9-26)37-32(38)36(23-33-37)29-12-10-27(11-13-29)34-18-20-35(21-19-34)28-14-16-30(17-15-28)41-24-39-3/h5-17,23,25,31H,4,18-22,24H2,1-3H3/t25-,31+/m0/s1. The minimum absolute atomic E-state index is 0.155. The molecule has 4 aromatic rings. The molecule has 1 fully saturated rings. The maximum absolute atomic E-state index is 13.4. The first-order valence-electron chi connectivity index (χ1n) is 14.2. The Morgan fingerprint density at radius 2 is 1.41 bits per heavy atom. The van der Waals surface area contributed by atoms with Crippen LogP contribution in [0.1, 0.15) is 31.9 Å². The predicted octanol–water partition coefficient (Wildman–Crippen LogP) is 4.90. The number of hydrogen-bond donors (Lipinski definition) is 0. The normalized spacial score (nSPS) is 15.1. The fourth-order valence-electron chi connectivity index (χ4n) is 5.26. The Morgan fingerprint density at radius 3 is 2.00 bits per heavy atom. The van der Waals surface area contributed by atoms with Crippen LogP contribution >= 0.6 is 0 Å². The largest absolute Gasteiger partial charge is 0.468 e. The molecular formula is C32H39N5O4. The molecule has 2 heterocycles. The summed E-state index contributed by atoms with van der Waals surface area (Å²) in [6.07, 6.45) is 2.18. The smallest absolute Gasteiger partial charge is 0.350 e. The Labute approximate surface area is 241 Å². The van der Waals surface area contributed by atoms with Crippen LogP contribution in [0.2, 0.25) is 0 Å². The molecule has 1 aliphatic heterocycles. The zero-order valence-electron chi connectivity index (χ0n) is 24.1. The summed E-state index contributed by atoms with van der Waals surface area (Å²) in [4.78, 5) is 18.1. The Balaban J connectivity index is 1.19. The van der Waals surface area contributed by atoms with Crippen LogP contribution in [-0.2, 0) is 16.1 Å². The summed E-state index contributed by atoms with van der Waals surface area (Å²) in [6.45, 7) is 8.49. The van der Waals surface area contributed by atoms with Gasteiger partial charge in [-0.3, -0.25) is 0 Å². The molecule has 0 saturated carbocycles. The number of benzene rings is 3. The number of rotatable bonds is 12. The van der Waals surface area contributed by atoms with Crippen LogP contribution in [0.3, 0.4) is 0 Å². The second-order valence-corrected chi connectivity index (χ2v) is 10.2. The van der Waals surface area contributed by atoms with Gasteiger partial charge in [-0.25, -0.2) is 14.0 Å². The summed E-state index contributed by atoms with van der Waals surface area (Å²) >= 11 is 0. The van der Waals surface area contributed by atoms with E-state index in [1.165, 1.54) is 5.69 Å². The van der Waals surface area contributed by atoms with Gasteiger partial charge in [0.25, 0.3) is 0 Å². The van der Waals surface area contributed by atoms with Crippen molar-refractivity contribution in [3.05, 3.63) is 101 Å². The molecule has 0 N–H and O–H groups in total. The summed E-state index contributed by atoms with van der Waals surface area (Å²) in [7, 11) is 1.61. The van der Waals surface area contributed by atoms with Gasteiger partial charge in [-0.2, -0.15) is 5.10 Å². The van der Waals surface area contributed by atoms with Crippen LogP contribution in [0.5, 0.6) is 5.75 Å². The number of piperazine rings is 1. The molecule has 1 aliphatic rings. The predicted molar refractivity (Wildman–Crippen MR) is 161 cm³/mol. The lowest BCUT2D eigenvalue weighted by Crippen LogP contribution is -2.46. The lowest BCUT2D eigenvalue weighted by Gasteiger charge is -2.37. The fraction of sp³-hybridized carbons (Fsp3) is 0.375. The minimum Gasteiger partial charge on any atom is -0.468 e. The summed E-state index contributed by atoms with van der Waals surface area (Å²) < 4.78 is 19.7. The third kappa shape index (κ3) is 6.81. The van der Waals surface area contributed by atoms with Crippen molar-refractivity contribution in [2.45, 2.75) is 39.0 Å². The highest BCUT2D eigenvalue weighted by Crippen LogP contribution is 2.24. The lowest BCUT2D eigenvalue weighted by molar-refractivity contribution is 0.0117. The summed E-state index contributed by atoms with van der Waals surface area (Å²) in [6, 6.07) is 26.2. The summed E-state index contributed by atoms with van der Waals surface area (Å²) in [5, 5.41) is 4.47. The fourth-order valence-corrected chi connectivity index (χ4v) is 5.26. The zero-order valence-corrected chi connectivity index (χ0v) is 24.1. The van der Waals surface area contributed by atoms with E-state index >= 15 is 0 Å². The second-order valence-electron chi connectivity index (χ2n) is 10.2. The highest BCUT2D eigenvalue weighted by molar-refractivity contribution is 5.54. The average molecular weight is 558 g/mol. The summed E-state index contributed by atoms with van der Waals surface area (Å²) in [5.74, 6) is 0.801. The Hall–Kier alpha value is -4.08. The quantitative estimate of drug-likeness (QED) is 0.230. The number of nitrogens with zero attached hydrogens (tertiary/aromatic N) is 5. The molecule has 0 unspecified atom stereocenters. The van der Waals surface area contributed by atoms with Crippen molar-refractivity contribution < 1.29 is 14.2 Å². The second kappa shape index (κ2) is 13.5. The maximum atomic E-state index is 13.4. The van der Waals surface area contributed by atoms with E-state index in [2.05, 4.69) is 46.1 Å². The van der Waals surface area contributed by atoms with Gasteiger partial charge in [0.15, 0.2) is 6.79 Å². The van der Waals surface area contributed by atoms with Gasteiger partial charge >= 0.3 is 5.69 Å². The van der Waals surface area contributed by atoms with E-state index in [1.807, 2.05) is 61.5 Å². The van der Waals surface area contributed by atoms with Gasteiger partial charge in [-0.1, -0.05) is 37.3 Å². The third-order valence-electron chi connectivity index (χ3n) is 7.64. The Kier molecular flexibility index (Phi) is 9.38. The van der Waals surface area contributed by atoms with E-state index in [9.17, 15) is 4.79 Å². The molecule has 0 amide bonds. The van der Waals surface area contributed by atoms with Gasteiger partial charge in [0.1, 0.15) is 12.1 Å². The molecule has 0 spiro atoms. The van der Waals surface area contributed by atoms with Gasteiger partial charge in [-0.05, 0) is 67.4 Å². The van der Waals surface area contributed by atoms with Gasteiger partial charge in [-0.15, -0.1) is 0 Å². The molecule has 1 saturated heterocycles. The first-order valence-corrected chi connectivity index (χ1v) is 14.2. The SMILES string of the molecule is CC[C@H]([C@H](C)OCc1ccccc1)n1ncn(-c2ccc(N3CCN(c4ccc(OCOC)cc4)CC3)cc2)c1=O. The molecule has 0 radical (unpaired) electrons. The molecule has 0 aliphatic carbocycles. The average Bonchev–Trinajstić information content (AvgIpc) is 3.41. The van der Waals surface area contributed by atoms with Crippen LogP contribution in [0.15, 0.2) is 90.0 Å². The highest BCUT2D eigenvalue weighted by Gasteiger charge is 2.23. The molecule has 1 aromatic heterocycles. The van der Waals surface area contributed by atoms with Crippen molar-refractivity contribution in [1.29, 1.82) is 0 Å². The molecule has 5 rings (SSSR count). The molecule has 216 valence electrons. The highest BCUT2D eigenvalue weighted by atomic mass is 16.7. The summed E-state index contributed by atoms with van der Waals surface area (Å²) in [5.41, 5.74) is 4.08. The third-order valence-corrected chi connectivity index (χ3v) is 7.64. The lowest BCUT2D eigenvalue weighted by atomic mass is 10.1. The van der Waals surface area contributed by atoms with Crippen LogP contribution in [0.4, 0.5) is 11.4 Å². The van der Waals surface area contributed by atoms with Crippen molar-refractivity contribution >= 4 is 11.4 Å². The van der Waals surface area contributed by atoms with E-state index in [1.54, 1.807) is 22.7 Å². The maximum Gasteiger partial charge on any atom is 0.350 e. The molecular weight excluding hydrogens is 518 g/mol. The molecule has 9 nitrogen and oxygen atoms in total. The van der Waals surface area contributed by atoms with E-state index in [4.69, 9.17) is 14.2 Å². The molecule has 3 aromatic carbocycles. The number of aromatic nitrogens is 3. The van der Waals surface area contributed by atoms with Crippen molar-refractivity contribution in [2.75, 3.05) is 49.9 Å². The van der Waals surface area contributed by atoms with Crippen LogP contribution in [0.25, 0.3) is 5.69 Å². The Morgan fingerprint density at radius 1 is 0.829 bits per heavy atom. The first kappa shape index (κ1) is 28.4. The number of ether oxygens (including phenoxy) is 3. The van der Waals surface area contributed by atoms with E-state index < -0.39 is 0 Å². The van der Waals surface area contributed by atoms with Gasteiger partial charge in [0, 0.05) is 44.7 Å². The number of methoxy groups -OCH3 is 1. The van der Waals surface area contributed by atoms with Crippen molar-refractivity contribution in [3.63, 3.8) is 0 Å². The monoisotopic (exact) mass is 557 g/mol. The first-order chi connectivity index (χ1) is 20.1. The van der Waals surface area contributed by atoms with Crippen molar-refractivity contribution in [2.24, 2.45) is 0 Å². The van der Waals surface area contributed by atoms with Crippen LogP contribution in [-0.4, -0.2) is 60.5 Å². The molecule has 0 bridgehead atoms. The molecule has 2 atom stereocenters. The zero-order chi connectivity index (χ0) is 28.6. The van der Waals surface area contributed by atoms with Crippen molar-refractivity contribution in [3.8, 4) is 11.4 Å². The molecule has 9 heteroatoms. The number of anilines is 2. The molecule has 41 heavy (non-hydrogen) atoms. The van der Waals surface area contributed by atoms with Crippen LogP contribution in [0, 0.1) is 0 Å². The number of hydrogen-bond acceptors (Lipinski definition) is 7. The van der Waals surface area contributed by atoms with E-state index in [0.29, 0.717) is 6.61 Å². The van der Waals surface area contributed by atoms with Gasteiger partial charge < -0.3 is 24.0 Å². The van der Waals surface area contributed by atoms with E-state index in [0.717, 1.165) is 55.3 Å². The Bertz CT molecular complexity index is 1410.